The maximum atomic E-state index is 9.03. The van der Waals surface area contributed by atoms with Gasteiger partial charge in [0.15, 0.2) is 0 Å². The van der Waals surface area contributed by atoms with Gasteiger partial charge in [-0.2, -0.15) is 5.26 Å². The molecule has 0 aliphatic heterocycles. The maximum Gasteiger partial charge on any atom is 0.210 e. The van der Waals surface area contributed by atoms with E-state index >= 15 is 0 Å². The van der Waals surface area contributed by atoms with Gasteiger partial charge in [-0.25, -0.2) is 0 Å². The van der Waals surface area contributed by atoms with Crippen molar-refractivity contribution in [1.82, 2.24) is 4.98 Å². The topological polar surface area (TPSA) is 48.8 Å². The molecule has 0 aliphatic rings. The van der Waals surface area contributed by atoms with E-state index in [0.29, 0.717) is 18.1 Å². The van der Waals surface area contributed by atoms with Crippen LogP contribution in [0.5, 0.6) is 5.88 Å². The Hall–Kier alpha value is -2.21. The highest BCUT2D eigenvalue weighted by molar-refractivity contribution is 5.88. The zero-order valence-corrected chi connectivity index (χ0v) is 8.16. The minimum absolute atomic E-state index is 0.390. The third-order valence-electron chi connectivity index (χ3n) is 2.13. The quantitative estimate of drug-likeness (QED) is 0.770. The van der Waals surface area contributed by atoms with Crippen molar-refractivity contribution in [3.8, 4) is 11.9 Å². The first-order valence-corrected chi connectivity index (χ1v) is 4.61. The van der Waals surface area contributed by atoms with Gasteiger partial charge in [-0.1, -0.05) is 30.9 Å². The van der Waals surface area contributed by atoms with E-state index in [9.17, 15) is 0 Å². The molecule has 0 amide bonds. The Morgan fingerprint density at radius 3 is 3.00 bits per heavy atom. The number of H-pyrrole nitrogens is 1. The zero-order valence-electron chi connectivity index (χ0n) is 8.16. The van der Waals surface area contributed by atoms with E-state index in [1.165, 1.54) is 0 Å². The molecule has 1 aromatic carbocycles. The van der Waals surface area contributed by atoms with Gasteiger partial charge in [0.25, 0.3) is 0 Å². The molecular formula is C12H10N2O. The summed E-state index contributed by atoms with van der Waals surface area (Å²) in [6.07, 6.45) is 1.65. The molecule has 3 nitrogen and oxygen atoms in total. The first-order valence-electron chi connectivity index (χ1n) is 4.61. The smallest absolute Gasteiger partial charge is 0.210 e. The standard InChI is InChI=1S/C12H10N2O/c1-2-7-15-12-10(8-13)9-5-3-4-6-11(9)14-12/h2-6,14H,1,7H2. The van der Waals surface area contributed by atoms with Crippen LogP contribution in [0.2, 0.25) is 0 Å². The molecule has 1 N–H and O–H groups in total. The molecule has 0 atom stereocenters. The van der Waals surface area contributed by atoms with Crippen LogP contribution in [0, 0.1) is 11.3 Å². The number of fused-ring (bicyclic) bond motifs is 1. The van der Waals surface area contributed by atoms with E-state index in [4.69, 9.17) is 10.00 Å². The molecule has 74 valence electrons. The van der Waals surface area contributed by atoms with Crippen molar-refractivity contribution in [2.24, 2.45) is 0 Å². The molecule has 2 rings (SSSR count). The van der Waals surface area contributed by atoms with Crippen LogP contribution in [0.3, 0.4) is 0 Å². The summed E-state index contributed by atoms with van der Waals surface area (Å²) in [5.41, 5.74) is 1.46. The van der Waals surface area contributed by atoms with Crippen LogP contribution in [0.4, 0.5) is 0 Å². The van der Waals surface area contributed by atoms with Gasteiger partial charge < -0.3 is 9.72 Å². The second-order valence-electron chi connectivity index (χ2n) is 3.09. The first kappa shape index (κ1) is 9.35. The highest BCUT2D eigenvalue weighted by atomic mass is 16.5. The summed E-state index contributed by atoms with van der Waals surface area (Å²) in [7, 11) is 0. The predicted molar refractivity (Wildman–Crippen MR) is 58.7 cm³/mol. The number of benzene rings is 1. The number of para-hydroxylation sites is 1. The van der Waals surface area contributed by atoms with Crippen LogP contribution in [0.15, 0.2) is 36.9 Å². The highest BCUT2D eigenvalue weighted by Gasteiger charge is 2.10. The van der Waals surface area contributed by atoms with Gasteiger partial charge in [0, 0.05) is 10.9 Å². The molecule has 3 heteroatoms. The SMILES string of the molecule is C=CCOc1[nH]c2ccccc2c1C#N. The summed E-state index contributed by atoms with van der Waals surface area (Å²) in [4.78, 5) is 3.06. The van der Waals surface area contributed by atoms with Crippen molar-refractivity contribution >= 4 is 10.9 Å². The number of nitriles is 1. The Morgan fingerprint density at radius 2 is 2.27 bits per heavy atom. The number of hydrogen-bond donors (Lipinski definition) is 1. The summed E-state index contributed by atoms with van der Waals surface area (Å²) in [6, 6.07) is 9.76. The van der Waals surface area contributed by atoms with Crippen LogP contribution in [0.1, 0.15) is 5.56 Å². The van der Waals surface area contributed by atoms with E-state index in [-0.39, 0.29) is 0 Å². The molecule has 0 saturated carbocycles. The minimum Gasteiger partial charge on any atom is -0.474 e. The molecular weight excluding hydrogens is 188 g/mol. The fourth-order valence-corrected chi connectivity index (χ4v) is 1.48. The summed E-state index contributed by atoms with van der Waals surface area (Å²) in [5, 5.41) is 9.92. The van der Waals surface area contributed by atoms with E-state index in [1.807, 2.05) is 24.3 Å². The molecule has 0 radical (unpaired) electrons. The second-order valence-corrected chi connectivity index (χ2v) is 3.09. The van der Waals surface area contributed by atoms with Crippen molar-refractivity contribution in [3.63, 3.8) is 0 Å². The molecule has 0 aliphatic carbocycles. The Bertz CT molecular complexity index is 534. The second kappa shape index (κ2) is 3.89. The Balaban J connectivity index is 2.55. The van der Waals surface area contributed by atoms with Crippen LogP contribution < -0.4 is 4.74 Å². The number of hydrogen-bond acceptors (Lipinski definition) is 2. The monoisotopic (exact) mass is 198 g/mol. The lowest BCUT2D eigenvalue weighted by Crippen LogP contribution is -1.94. The molecule has 1 heterocycles. The molecule has 0 unspecified atom stereocenters. The molecule has 2 aromatic rings. The van der Waals surface area contributed by atoms with Crippen molar-refractivity contribution in [1.29, 1.82) is 5.26 Å². The van der Waals surface area contributed by atoms with Gasteiger partial charge in [-0.15, -0.1) is 0 Å². The Kier molecular flexibility index (Phi) is 2.42. The van der Waals surface area contributed by atoms with Crippen molar-refractivity contribution in [3.05, 3.63) is 42.5 Å². The third kappa shape index (κ3) is 1.57. The van der Waals surface area contributed by atoms with E-state index in [0.717, 1.165) is 10.9 Å². The number of ether oxygens (including phenoxy) is 1. The van der Waals surface area contributed by atoms with Gasteiger partial charge in [-0.05, 0) is 6.07 Å². The Morgan fingerprint density at radius 1 is 1.47 bits per heavy atom. The molecule has 0 fully saturated rings. The van der Waals surface area contributed by atoms with Gasteiger partial charge in [-0.3, -0.25) is 0 Å². The summed E-state index contributed by atoms with van der Waals surface area (Å²) in [5.74, 6) is 0.513. The normalized spacial score (nSPS) is 9.80. The highest BCUT2D eigenvalue weighted by Crippen LogP contribution is 2.26. The summed E-state index contributed by atoms with van der Waals surface area (Å²) < 4.78 is 5.37. The number of aromatic amines is 1. The molecule has 0 spiro atoms. The maximum absolute atomic E-state index is 9.03. The van der Waals surface area contributed by atoms with E-state index in [1.54, 1.807) is 6.08 Å². The van der Waals surface area contributed by atoms with Crippen LogP contribution in [-0.4, -0.2) is 11.6 Å². The average molecular weight is 198 g/mol. The van der Waals surface area contributed by atoms with Gasteiger partial charge in [0.05, 0.1) is 0 Å². The third-order valence-corrected chi connectivity index (χ3v) is 2.13. The fraction of sp³-hybridized carbons (Fsp3) is 0.0833. The minimum atomic E-state index is 0.390. The van der Waals surface area contributed by atoms with Gasteiger partial charge in [0.1, 0.15) is 18.2 Å². The largest absolute Gasteiger partial charge is 0.474 e. The lowest BCUT2D eigenvalue weighted by atomic mass is 10.2. The number of nitrogens with zero attached hydrogens (tertiary/aromatic N) is 1. The predicted octanol–water partition coefficient (Wildman–Crippen LogP) is 2.60. The summed E-state index contributed by atoms with van der Waals surface area (Å²) in [6.45, 7) is 3.95. The number of aromatic nitrogens is 1. The molecule has 1 aromatic heterocycles. The number of nitrogens with one attached hydrogen (secondary N) is 1. The average Bonchev–Trinajstić information content (AvgIpc) is 2.63. The van der Waals surface area contributed by atoms with Crippen LogP contribution >= 0.6 is 0 Å². The van der Waals surface area contributed by atoms with Crippen molar-refractivity contribution in [2.45, 2.75) is 0 Å². The molecule has 0 saturated heterocycles. The van der Waals surface area contributed by atoms with Gasteiger partial charge in [0.2, 0.25) is 5.88 Å². The zero-order chi connectivity index (χ0) is 10.7. The molecule has 15 heavy (non-hydrogen) atoms. The number of rotatable bonds is 3. The molecule has 0 bridgehead atoms. The van der Waals surface area contributed by atoms with Crippen LogP contribution in [-0.2, 0) is 0 Å². The summed E-state index contributed by atoms with van der Waals surface area (Å²) >= 11 is 0. The van der Waals surface area contributed by atoms with Crippen LogP contribution in [0.25, 0.3) is 10.9 Å². The lowest BCUT2D eigenvalue weighted by Gasteiger charge is -1.98. The van der Waals surface area contributed by atoms with E-state index < -0.39 is 0 Å². The fourth-order valence-electron chi connectivity index (χ4n) is 1.48. The van der Waals surface area contributed by atoms with Crippen molar-refractivity contribution in [2.75, 3.05) is 6.61 Å². The first-order chi connectivity index (χ1) is 7.36. The lowest BCUT2D eigenvalue weighted by molar-refractivity contribution is 0.351. The van der Waals surface area contributed by atoms with Gasteiger partial charge >= 0.3 is 0 Å². The van der Waals surface area contributed by atoms with Crippen molar-refractivity contribution < 1.29 is 4.74 Å². The van der Waals surface area contributed by atoms with E-state index in [2.05, 4.69) is 17.6 Å². The Labute approximate surface area is 87.6 Å².